The number of ether oxygens (including phenoxy) is 2. The third-order valence-electron chi connectivity index (χ3n) is 4.54. The number of hydrogen-bond donors (Lipinski definition) is 3. The van der Waals surface area contributed by atoms with Gasteiger partial charge in [-0.15, -0.1) is 0 Å². The third kappa shape index (κ3) is 4.02. The minimum atomic E-state index is -0.628. The predicted molar refractivity (Wildman–Crippen MR) is 91.1 cm³/mol. The molecule has 25 heavy (non-hydrogen) atoms. The van der Waals surface area contributed by atoms with E-state index in [1.54, 1.807) is 7.11 Å². The van der Waals surface area contributed by atoms with Crippen LogP contribution in [0, 0.1) is 0 Å². The Morgan fingerprint density at radius 2 is 1.92 bits per heavy atom. The van der Waals surface area contributed by atoms with Gasteiger partial charge < -0.3 is 20.1 Å². The smallest absolute Gasteiger partial charge is 0.328 e. The summed E-state index contributed by atoms with van der Waals surface area (Å²) in [5, 5.41) is 8.79. The molecule has 1 aromatic rings. The molecular formula is C17H24N4O4. The van der Waals surface area contributed by atoms with Crippen molar-refractivity contribution < 1.29 is 19.1 Å². The Morgan fingerprint density at radius 1 is 1.24 bits per heavy atom. The van der Waals surface area contributed by atoms with Gasteiger partial charge in [0, 0.05) is 25.3 Å². The zero-order chi connectivity index (χ0) is 17.8. The maximum absolute atomic E-state index is 12.4. The van der Waals surface area contributed by atoms with Gasteiger partial charge in [-0.2, -0.15) is 0 Å². The number of benzene rings is 1. The molecule has 0 aromatic heterocycles. The summed E-state index contributed by atoms with van der Waals surface area (Å²) in [5.41, 5.74) is 0.995. The van der Waals surface area contributed by atoms with Crippen molar-refractivity contribution in [3.8, 4) is 5.75 Å². The topological polar surface area (TPSA) is 91.9 Å². The van der Waals surface area contributed by atoms with Crippen LogP contribution in [0.2, 0.25) is 0 Å². The molecule has 4 amide bonds. The first-order chi connectivity index (χ1) is 12.1. The lowest BCUT2D eigenvalue weighted by Crippen LogP contribution is -2.70. The van der Waals surface area contributed by atoms with E-state index in [-0.39, 0.29) is 24.1 Å². The molecule has 1 aromatic carbocycles. The van der Waals surface area contributed by atoms with Crippen molar-refractivity contribution in [3.05, 3.63) is 29.8 Å². The molecule has 2 fully saturated rings. The van der Waals surface area contributed by atoms with E-state index in [0.717, 1.165) is 11.3 Å². The number of amides is 4. The summed E-state index contributed by atoms with van der Waals surface area (Å²) in [6, 6.07) is 6.67. The Bertz CT molecular complexity index is 615. The van der Waals surface area contributed by atoms with Crippen LogP contribution in [0.3, 0.4) is 0 Å². The number of carbonyl (C=O) groups excluding carboxylic acids is 2. The van der Waals surface area contributed by atoms with E-state index in [2.05, 4.69) is 16.0 Å². The van der Waals surface area contributed by atoms with Crippen LogP contribution in [0.25, 0.3) is 0 Å². The summed E-state index contributed by atoms with van der Waals surface area (Å²) in [6.07, 6.45) is 0.704. The summed E-state index contributed by atoms with van der Waals surface area (Å²) in [6.45, 7) is 3.09. The quantitative estimate of drug-likeness (QED) is 0.751. The summed E-state index contributed by atoms with van der Waals surface area (Å²) in [5.74, 6) is 0.758. The van der Waals surface area contributed by atoms with Gasteiger partial charge in [-0.1, -0.05) is 12.1 Å². The molecule has 8 heteroatoms. The number of carbonyl (C=O) groups is 2. The molecule has 136 valence electrons. The van der Waals surface area contributed by atoms with Crippen molar-refractivity contribution in [1.82, 2.24) is 20.9 Å². The van der Waals surface area contributed by atoms with E-state index in [1.165, 1.54) is 4.90 Å². The maximum atomic E-state index is 12.4. The molecular weight excluding hydrogens is 324 g/mol. The second-order valence-electron chi connectivity index (χ2n) is 6.21. The van der Waals surface area contributed by atoms with Crippen LogP contribution < -0.4 is 20.7 Å². The highest BCUT2D eigenvalue weighted by Crippen LogP contribution is 2.20. The van der Waals surface area contributed by atoms with Gasteiger partial charge >= 0.3 is 12.1 Å². The number of imide groups is 1. The summed E-state index contributed by atoms with van der Waals surface area (Å²) in [4.78, 5) is 26.0. The average Bonchev–Trinajstić information content (AvgIpc) is 2.62. The number of hydrogen-bond acceptors (Lipinski definition) is 5. The zero-order valence-electron chi connectivity index (χ0n) is 14.5. The molecule has 0 saturated carbocycles. The lowest BCUT2D eigenvalue weighted by Gasteiger charge is -2.39. The number of nitrogens with zero attached hydrogens (tertiary/aromatic N) is 1. The summed E-state index contributed by atoms with van der Waals surface area (Å²) >= 11 is 0. The van der Waals surface area contributed by atoms with Crippen LogP contribution in [0.4, 0.5) is 9.59 Å². The fourth-order valence-electron chi connectivity index (χ4n) is 3.13. The summed E-state index contributed by atoms with van der Waals surface area (Å²) < 4.78 is 10.5. The van der Waals surface area contributed by atoms with E-state index in [9.17, 15) is 9.59 Å². The molecule has 8 nitrogen and oxygen atoms in total. The van der Waals surface area contributed by atoms with Gasteiger partial charge in [-0.05, 0) is 37.5 Å². The Morgan fingerprint density at radius 3 is 2.56 bits per heavy atom. The van der Waals surface area contributed by atoms with Gasteiger partial charge in [0.1, 0.15) is 5.75 Å². The molecule has 2 aliphatic heterocycles. The monoisotopic (exact) mass is 348 g/mol. The highest BCUT2D eigenvalue weighted by molar-refractivity contribution is 5.96. The van der Waals surface area contributed by atoms with Crippen LogP contribution in [-0.2, 0) is 4.74 Å². The van der Waals surface area contributed by atoms with Crippen LogP contribution >= 0.6 is 0 Å². The molecule has 0 unspecified atom stereocenters. The van der Waals surface area contributed by atoms with Crippen LogP contribution in [-0.4, -0.2) is 49.6 Å². The van der Waals surface area contributed by atoms with E-state index in [4.69, 9.17) is 9.47 Å². The van der Waals surface area contributed by atoms with Gasteiger partial charge in [-0.3, -0.25) is 5.32 Å². The molecule has 3 rings (SSSR count). The van der Waals surface area contributed by atoms with Gasteiger partial charge in [-0.25, -0.2) is 14.5 Å². The second kappa shape index (κ2) is 7.71. The van der Waals surface area contributed by atoms with Crippen molar-refractivity contribution in [3.63, 3.8) is 0 Å². The lowest BCUT2D eigenvalue weighted by atomic mass is 10.1. The van der Waals surface area contributed by atoms with E-state index in [1.807, 2.05) is 31.2 Å². The molecule has 0 radical (unpaired) electrons. The van der Waals surface area contributed by atoms with Crippen molar-refractivity contribution in [2.45, 2.75) is 38.1 Å². The predicted octanol–water partition coefficient (Wildman–Crippen LogP) is 1.54. The fourth-order valence-corrected chi connectivity index (χ4v) is 3.13. The van der Waals surface area contributed by atoms with Crippen LogP contribution in [0.5, 0.6) is 5.75 Å². The van der Waals surface area contributed by atoms with Crippen molar-refractivity contribution in [2.75, 3.05) is 20.3 Å². The molecule has 0 bridgehead atoms. The second-order valence-corrected chi connectivity index (χ2v) is 6.21. The van der Waals surface area contributed by atoms with Crippen molar-refractivity contribution in [1.29, 1.82) is 0 Å². The highest BCUT2D eigenvalue weighted by atomic mass is 16.5. The first-order valence-corrected chi connectivity index (χ1v) is 8.46. The largest absolute Gasteiger partial charge is 0.497 e. The third-order valence-corrected chi connectivity index (χ3v) is 4.54. The first kappa shape index (κ1) is 17.5. The average molecular weight is 348 g/mol. The number of nitrogens with one attached hydrogen (secondary N) is 3. The van der Waals surface area contributed by atoms with Gasteiger partial charge in [0.15, 0.2) is 6.29 Å². The molecule has 2 heterocycles. The number of rotatable bonds is 5. The first-order valence-electron chi connectivity index (χ1n) is 8.46. The Balaban J connectivity index is 1.61. The van der Waals surface area contributed by atoms with Crippen molar-refractivity contribution >= 4 is 12.1 Å². The number of methoxy groups -OCH3 is 1. The molecule has 0 spiro atoms. The lowest BCUT2D eigenvalue weighted by molar-refractivity contribution is 0.0492. The highest BCUT2D eigenvalue weighted by Gasteiger charge is 2.37. The van der Waals surface area contributed by atoms with E-state index < -0.39 is 6.29 Å². The molecule has 0 aliphatic carbocycles. The maximum Gasteiger partial charge on any atom is 0.328 e. The van der Waals surface area contributed by atoms with Crippen LogP contribution in [0.1, 0.15) is 31.4 Å². The molecule has 1 atom stereocenters. The van der Waals surface area contributed by atoms with Crippen LogP contribution in [0.15, 0.2) is 24.3 Å². The fraction of sp³-hybridized carbons (Fsp3) is 0.529. The standard InChI is InChI=1S/C17H24N4O4/c1-11(12-4-3-5-14(10-12)24-2)18-15-19-16(22)21(17(23)20-15)13-6-8-25-9-7-13/h3-5,10-11,13,15,18H,6-9H2,1-2H3,(H,19,22)(H,20,23)/t11-/m0/s1. The van der Waals surface area contributed by atoms with Gasteiger partial charge in [0.05, 0.1) is 7.11 Å². The zero-order valence-corrected chi connectivity index (χ0v) is 14.5. The van der Waals surface area contributed by atoms with Gasteiger partial charge in [0.2, 0.25) is 0 Å². The molecule has 2 saturated heterocycles. The Kier molecular flexibility index (Phi) is 5.40. The Hall–Kier alpha value is -2.32. The van der Waals surface area contributed by atoms with Crippen molar-refractivity contribution in [2.24, 2.45) is 0 Å². The van der Waals surface area contributed by atoms with E-state index >= 15 is 0 Å². The minimum absolute atomic E-state index is 0.0877. The van der Waals surface area contributed by atoms with E-state index in [0.29, 0.717) is 26.1 Å². The molecule has 3 N–H and O–H groups in total. The minimum Gasteiger partial charge on any atom is -0.497 e. The summed E-state index contributed by atoms with van der Waals surface area (Å²) in [7, 11) is 1.61. The SMILES string of the molecule is COc1cccc([C@H](C)NC2NC(=O)N(C3CCOCC3)C(=O)N2)c1. The Labute approximate surface area is 146 Å². The molecule has 2 aliphatic rings. The van der Waals surface area contributed by atoms with Gasteiger partial charge in [0.25, 0.3) is 0 Å². The normalized spacial score (nSPS) is 20.8. The number of urea groups is 2.